The van der Waals surface area contributed by atoms with Crippen LogP contribution in [0.15, 0.2) is 24.3 Å². The van der Waals surface area contributed by atoms with Crippen LogP contribution in [0.5, 0.6) is 0 Å². The molecule has 0 aromatic heterocycles. The van der Waals surface area contributed by atoms with Crippen molar-refractivity contribution in [2.24, 2.45) is 5.92 Å². The number of benzene rings is 1. The molecule has 0 atom stereocenters. The zero-order valence-corrected chi connectivity index (χ0v) is 10.6. The van der Waals surface area contributed by atoms with E-state index in [1.165, 1.54) is 19.3 Å². The first-order valence-corrected chi connectivity index (χ1v) is 6.24. The Hall–Kier alpha value is -1.51. The van der Waals surface area contributed by atoms with Crippen LogP contribution in [0, 0.1) is 5.92 Å². The van der Waals surface area contributed by atoms with Gasteiger partial charge >= 0.3 is 0 Å². The summed E-state index contributed by atoms with van der Waals surface area (Å²) in [7, 11) is 3.77. The predicted octanol–water partition coefficient (Wildman–Crippen LogP) is 2.60. The van der Waals surface area contributed by atoms with Gasteiger partial charge < -0.3 is 10.2 Å². The highest BCUT2D eigenvalue weighted by Crippen LogP contribution is 2.27. The van der Waals surface area contributed by atoms with E-state index in [-0.39, 0.29) is 5.91 Å². The lowest BCUT2D eigenvalue weighted by molar-refractivity contribution is 0.0745. The van der Waals surface area contributed by atoms with Crippen molar-refractivity contribution in [3.63, 3.8) is 0 Å². The molecular formula is C14H20N2O. The lowest BCUT2D eigenvalue weighted by Gasteiger charge is -2.30. The molecular weight excluding hydrogens is 212 g/mol. The molecule has 0 saturated heterocycles. The third kappa shape index (κ3) is 2.78. The van der Waals surface area contributed by atoms with Crippen LogP contribution in [-0.2, 0) is 0 Å². The fourth-order valence-corrected chi connectivity index (χ4v) is 2.15. The second-order valence-corrected chi connectivity index (χ2v) is 4.81. The number of rotatable bonds is 4. The smallest absolute Gasteiger partial charge is 0.253 e. The minimum absolute atomic E-state index is 0.125. The molecule has 1 aliphatic rings. The summed E-state index contributed by atoms with van der Waals surface area (Å²) >= 11 is 0. The summed E-state index contributed by atoms with van der Waals surface area (Å²) in [6, 6.07) is 7.63. The Balaban J connectivity index is 1.96. The Morgan fingerprint density at radius 1 is 1.35 bits per heavy atom. The summed E-state index contributed by atoms with van der Waals surface area (Å²) in [5.41, 5.74) is 1.80. The lowest BCUT2D eigenvalue weighted by atomic mass is 9.85. The van der Waals surface area contributed by atoms with Crippen LogP contribution >= 0.6 is 0 Å². The number of nitrogens with zero attached hydrogens (tertiary/aromatic N) is 1. The number of amides is 1. The molecule has 0 bridgehead atoms. The number of hydrogen-bond donors (Lipinski definition) is 1. The van der Waals surface area contributed by atoms with Gasteiger partial charge in [-0.2, -0.15) is 0 Å². The van der Waals surface area contributed by atoms with E-state index in [9.17, 15) is 4.79 Å². The van der Waals surface area contributed by atoms with Gasteiger partial charge in [0.05, 0.1) is 0 Å². The zero-order chi connectivity index (χ0) is 12.3. The van der Waals surface area contributed by atoms with Crippen LogP contribution in [-0.4, -0.2) is 31.4 Å². The van der Waals surface area contributed by atoms with E-state index in [4.69, 9.17) is 0 Å². The van der Waals surface area contributed by atoms with E-state index in [0.717, 1.165) is 23.7 Å². The van der Waals surface area contributed by atoms with E-state index in [1.807, 2.05) is 43.3 Å². The standard InChI is InChI=1S/C14H20N2O/c1-15-13-8-6-12(7-9-13)14(17)16(2)10-11-4-3-5-11/h6-9,11,15H,3-5,10H2,1-2H3. The summed E-state index contributed by atoms with van der Waals surface area (Å²) in [5, 5.41) is 3.05. The van der Waals surface area contributed by atoms with Gasteiger partial charge in [-0.25, -0.2) is 0 Å². The van der Waals surface area contributed by atoms with Crippen LogP contribution in [0.1, 0.15) is 29.6 Å². The van der Waals surface area contributed by atoms with Crippen molar-refractivity contribution in [1.29, 1.82) is 0 Å². The van der Waals surface area contributed by atoms with Gasteiger partial charge in [0.25, 0.3) is 5.91 Å². The fourth-order valence-electron chi connectivity index (χ4n) is 2.15. The number of carbonyl (C=O) groups is 1. The van der Waals surface area contributed by atoms with E-state index in [0.29, 0.717) is 0 Å². The molecule has 1 aliphatic carbocycles. The molecule has 1 N–H and O–H groups in total. The van der Waals surface area contributed by atoms with Gasteiger partial charge in [-0.1, -0.05) is 6.42 Å². The molecule has 0 spiro atoms. The maximum atomic E-state index is 12.1. The Morgan fingerprint density at radius 3 is 2.47 bits per heavy atom. The molecule has 0 radical (unpaired) electrons. The molecule has 1 fully saturated rings. The Labute approximate surface area is 103 Å². The van der Waals surface area contributed by atoms with Crippen molar-refractivity contribution < 1.29 is 4.79 Å². The maximum Gasteiger partial charge on any atom is 0.253 e. The van der Waals surface area contributed by atoms with Gasteiger partial charge in [-0.15, -0.1) is 0 Å². The van der Waals surface area contributed by atoms with E-state index in [1.54, 1.807) is 0 Å². The largest absolute Gasteiger partial charge is 0.388 e. The molecule has 0 unspecified atom stereocenters. The predicted molar refractivity (Wildman–Crippen MR) is 70.3 cm³/mol. The fraction of sp³-hybridized carbons (Fsp3) is 0.500. The zero-order valence-electron chi connectivity index (χ0n) is 10.6. The quantitative estimate of drug-likeness (QED) is 0.865. The van der Waals surface area contributed by atoms with E-state index in [2.05, 4.69) is 5.32 Å². The first-order valence-electron chi connectivity index (χ1n) is 6.24. The average molecular weight is 232 g/mol. The monoisotopic (exact) mass is 232 g/mol. The highest BCUT2D eigenvalue weighted by molar-refractivity contribution is 5.94. The lowest BCUT2D eigenvalue weighted by Crippen LogP contribution is -2.34. The molecule has 17 heavy (non-hydrogen) atoms. The minimum Gasteiger partial charge on any atom is -0.388 e. The number of carbonyl (C=O) groups excluding carboxylic acids is 1. The maximum absolute atomic E-state index is 12.1. The molecule has 1 aromatic carbocycles. The topological polar surface area (TPSA) is 32.3 Å². The molecule has 1 amide bonds. The summed E-state index contributed by atoms with van der Waals surface area (Å²) in [6.45, 7) is 0.895. The van der Waals surface area contributed by atoms with Crippen LogP contribution < -0.4 is 5.32 Å². The Morgan fingerprint density at radius 2 is 2.00 bits per heavy atom. The van der Waals surface area contributed by atoms with Crippen molar-refractivity contribution in [2.75, 3.05) is 26.0 Å². The SMILES string of the molecule is CNc1ccc(C(=O)N(C)CC2CCC2)cc1. The summed E-state index contributed by atoms with van der Waals surface area (Å²) in [5.74, 6) is 0.847. The first-order chi connectivity index (χ1) is 8.20. The number of hydrogen-bond acceptors (Lipinski definition) is 2. The van der Waals surface area contributed by atoms with Gasteiger partial charge in [0.15, 0.2) is 0 Å². The third-order valence-electron chi connectivity index (χ3n) is 3.52. The van der Waals surface area contributed by atoms with Gasteiger partial charge in [0.1, 0.15) is 0 Å². The number of anilines is 1. The molecule has 1 saturated carbocycles. The first kappa shape index (κ1) is 12.0. The van der Waals surface area contributed by atoms with Gasteiger partial charge in [0.2, 0.25) is 0 Å². The normalized spacial score (nSPS) is 15.2. The van der Waals surface area contributed by atoms with Crippen LogP contribution in [0.25, 0.3) is 0 Å². The van der Waals surface area contributed by atoms with Gasteiger partial charge in [-0.05, 0) is 43.0 Å². The Kier molecular flexibility index (Phi) is 3.67. The number of nitrogens with one attached hydrogen (secondary N) is 1. The second kappa shape index (κ2) is 5.21. The molecule has 3 heteroatoms. The highest BCUT2D eigenvalue weighted by Gasteiger charge is 2.21. The minimum atomic E-state index is 0.125. The van der Waals surface area contributed by atoms with Crippen LogP contribution in [0.3, 0.4) is 0 Å². The van der Waals surface area contributed by atoms with Crippen molar-refractivity contribution in [3.8, 4) is 0 Å². The van der Waals surface area contributed by atoms with E-state index < -0.39 is 0 Å². The molecule has 0 heterocycles. The third-order valence-corrected chi connectivity index (χ3v) is 3.52. The summed E-state index contributed by atoms with van der Waals surface area (Å²) in [6.07, 6.45) is 3.87. The molecule has 1 aromatic rings. The molecule has 92 valence electrons. The van der Waals surface area contributed by atoms with Crippen molar-refractivity contribution in [3.05, 3.63) is 29.8 Å². The van der Waals surface area contributed by atoms with E-state index >= 15 is 0 Å². The van der Waals surface area contributed by atoms with Crippen molar-refractivity contribution in [2.45, 2.75) is 19.3 Å². The summed E-state index contributed by atoms with van der Waals surface area (Å²) < 4.78 is 0. The molecule has 2 rings (SSSR count). The summed E-state index contributed by atoms with van der Waals surface area (Å²) in [4.78, 5) is 14.0. The van der Waals surface area contributed by atoms with Crippen LogP contribution in [0.4, 0.5) is 5.69 Å². The molecule has 0 aliphatic heterocycles. The average Bonchev–Trinajstić information content (AvgIpc) is 2.32. The second-order valence-electron chi connectivity index (χ2n) is 4.81. The van der Waals surface area contributed by atoms with Gasteiger partial charge in [-0.3, -0.25) is 4.79 Å². The Bertz CT molecular complexity index is 382. The van der Waals surface area contributed by atoms with Gasteiger partial charge in [0, 0.05) is 31.9 Å². The van der Waals surface area contributed by atoms with Crippen molar-refractivity contribution >= 4 is 11.6 Å². The van der Waals surface area contributed by atoms with Crippen LogP contribution in [0.2, 0.25) is 0 Å². The van der Waals surface area contributed by atoms with Crippen molar-refractivity contribution in [1.82, 2.24) is 4.90 Å². The highest BCUT2D eigenvalue weighted by atomic mass is 16.2. The molecule has 3 nitrogen and oxygen atoms in total.